The molecule has 9 nitrogen and oxygen atoms in total. The third kappa shape index (κ3) is 6.08. The molecule has 0 saturated carbocycles. The minimum Gasteiger partial charge on any atom is -0.374 e. The first-order valence-corrected chi connectivity index (χ1v) is 14.3. The second-order valence-electron chi connectivity index (χ2n) is 10.1. The van der Waals surface area contributed by atoms with Gasteiger partial charge in [0.1, 0.15) is 0 Å². The molecule has 1 aliphatic rings. The van der Waals surface area contributed by atoms with Crippen molar-refractivity contribution in [3.05, 3.63) is 97.0 Å². The molecule has 2 amide bonds. The van der Waals surface area contributed by atoms with Gasteiger partial charge in [0.2, 0.25) is 5.13 Å². The van der Waals surface area contributed by atoms with Crippen molar-refractivity contribution in [2.24, 2.45) is 0 Å². The summed E-state index contributed by atoms with van der Waals surface area (Å²) in [6.45, 7) is 2.57. The minimum atomic E-state index is -0.102. The third-order valence-electron chi connectivity index (χ3n) is 7.25. The molecule has 1 saturated heterocycles. The van der Waals surface area contributed by atoms with Crippen molar-refractivity contribution in [1.82, 2.24) is 30.4 Å². The van der Waals surface area contributed by atoms with Crippen LogP contribution in [0.5, 0.6) is 0 Å². The van der Waals surface area contributed by atoms with E-state index < -0.39 is 0 Å². The van der Waals surface area contributed by atoms with Gasteiger partial charge < -0.3 is 11.1 Å². The summed E-state index contributed by atoms with van der Waals surface area (Å²) in [6, 6.07) is 24.6. The number of nitrogen functional groups attached to an aromatic ring is 1. The van der Waals surface area contributed by atoms with Gasteiger partial charge in [-0.3, -0.25) is 19.8 Å². The maximum atomic E-state index is 12.7. The second kappa shape index (κ2) is 11.8. The van der Waals surface area contributed by atoms with Crippen LogP contribution in [0.2, 0.25) is 0 Å². The van der Waals surface area contributed by atoms with Crippen LogP contribution in [-0.4, -0.2) is 57.3 Å². The predicted octanol–water partition coefficient (Wildman–Crippen LogP) is 5.33. The Balaban J connectivity index is 1.14. The first-order valence-electron chi connectivity index (χ1n) is 13.4. The first-order chi connectivity index (χ1) is 20.0. The Bertz CT molecular complexity index is 1630. The number of anilines is 2. The Morgan fingerprint density at radius 2 is 1.80 bits per heavy atom. The van der Waals surface area contributed by atoms with Gasteiger partial charge in [0.25, 0.3) is 0 Å². The average Bonchev–Trinajstić information content (AvgIpc) is 3.66. The monoisotopic (exact) mass is 562 g/mol. The van der Waals surface area contributed by atoms with Crippen molar-refractivity contribution in [2.45, 2.75) is 19.0 Å². The lowest BCUT2D eigenvalue weighted by atomic mass is 9.97. The lowest BCUT2D eigenvalue weighted by Crippen LogP contribution is -2.44. The van der Waals surface area contributed by atoms with Gasteiger partial charge in [-0.25, -0.2) is 4.79 Å². The molecule has 4 heterocycles. The van der Waals surface area contributed by atoms with Gasteiger partial charge in [-0.15, -0.1) is 10.2 Å². The lowest BCUT2D eigenvalue weighted by Gasteiger charge is -2.21. The molecule has 0 spiro atoms. The number of benzene rings is 2. The molecule has 3 aromatic heterocycles. The van der Waals surface area contributed by atoms with Gasteiger partial charge in [0.15, 0.2) is 5.01 Å². The van der Waals surface area contributed by atoms with Crippen molar-refractivity contribution >= 4 is 28.2 Å². The van der Waals surface area contributed by atoms with E-state index in [1.165, 1.54) is 16.9 Å². The highest BCUT2D eigenvalue weighted by Gasteiger charge is 2.25. The average molecular weight is 563 g/mol. The number of carbonyl (C=O) groups is 1. The van der Waals surface area contributed by atoms with Gasteiger partial charge in [-0.1, -0.05) is 65.9 Å². The topological polar surface area (TPSA) is 113 Å². The number of hydrogen-bond donors (Lipinski definition) is 2. The van der Waals surface area contributed by atoms with Gasteiger partial charge in [-0.2, -0.15) is 0 Å². The highest BCUT2D eigenvalue weighted by Crippen LogP contribution is 2.35. The molecular formula is C31H30N8OS. The molecule has 10 heteroatoms. The predicted molar refractivity (Wildman–Crippen MR) is 163 cm³/mol. The van der Waals surface area contributed by atoms with E-state index >= 15 is 0 Å². The van der Waals surface area contributed by atoms with Crippen LogP contribution >= 0.6 is 11.3 Å². The fourth-order valence-corrected chi connectivity index (χ4v) is 5.67. The zero-order chi connectivity index (χ0) is 28.2. The van der Waals surface area contributed by atoms with Crippen LogP contribution in [0.1, 0.15) is 12.0 Å². The molecule has 0 aliphatic carbocycles. The number of nitrogens with zero attached hydrogens (tertiary/aromatic N) is 6. The number of likely N-dealkylation sites (tertiary alicyclic amines) is 1. The Kier molecular flexibility index (Phi) is 7.66. The molecule has 1 unspecified atom stereocenters. The molecule has 2 aromatic carbocycles. The molecule has 0 bridgehead atoms. The Labute approximate surface area is 242 Å². The summed E-state index contributed by atoms with van der Waals surface area (Å²) in [5, 5.41) is 12.5. The molecule has 1 aliphatic heterocycles. The number of nitrogens with two attached hydrogens (primary N) is 1. The van der Waals surface area contributed by atoms with Crippen molar-refractivity contribution in [3.63, 3.8) is 0 Å². The van der Waals surface area contributed by atoms with E-state index in [1.807, 2.05) is 36.5 Å². The largest absolute Gasteiger partial charge is 0.374 e. The fraction of sp³-hybridized carbons (Fsp3) is 0.194. The number of hydrogen-bond acceptors (Lipinski definition) is 8. The van der Waals surface area contributed by atoms with Gasteiger partial charge >= 0.3 is 6.03 Å². The molecule has 6 rings (SSSR count). The SMILES string of the molecule is CN(C(=O)NC1CCN(Cc2ccc(-c3ncc(-c4nnc(N)s4)cc3-c3ccccc3)cc2)C1)c1ccncc1. The maximum Gasteiger partial charge on any atom is 0.321 e. The maximum absolute atomic E-state index is 12.7. The van der Waals surface area contributed by atoms with Crippen LogP contribution in [0.3, 0.4) is 0 Å². The van der Waals surface area contributed by atoms with Crippen molar-refractivity contribution in [2.75, 3.05) is 30.8 Å². The van der Waals surface area contributed by atoms with Crippen LogP contribution in [-0.2, 0) is 6.54 Å². The van der Waals surface area contributed by atoms with Crippen LogP contribution in [0.15, 0.2) is 91.4 Å². The van der Waals surface area contributed by atoms with E-state index in [-0.39, 0.29) is 12.1 Å². The molecule has 1 atom stereocenters. The van der Waals surface area contributed by atoms with Gasteiger partial charge in [0.05, 0.1) is 5.69 Å². The second-order valence-corrected chi connectivity index (χ2v) is 11.1. The fourth-order valence-electron chi connectivity index (χ4n) is 5.08. The Hall–Kier alpha value is -4.67. The summed E-state index contributed by atoms with van der Waals surface area (Å²) in [4.78, 5) is 25.6. The molecule has 1 fully saturated rings. The number of aromatic nitrogens is 4. The van der Waals surface area contributed by atoms with Crippen molar-refractivity contribution in [1.29, 1.82) is 0 Å². The van der Waals surface area contributed by atoms with Crippen LogP contribution in [0.4, 0.5) is 15.6 Å². The molecule has 41 heavy (non-hydrogen) atoms. The number of amides is 2. The van der Waals surface area contributed by atoms with Gasteiger partial charge in [-0.05, 0) is 35.7 Å². The smallest absolute Gasteiger partial charge is 0.321 e. The van der Waals surface area contributed by atoms with E-state index in [0.717, 1.165) is 64.7 Å². The summed E-state index contributed by atoms with van der Waals surface area (Å²) >= 11 is 1.35. The zero-order valence-corrected chi connectivity index (χ0v) is 23.5. The van der Waals surface area contributed by atoms with Crippen molar-refractivity contribution in [3.8, 4) is 33.0 Å². The highest BCUT2D eigenvalue weighted by atomic mass is 32.1. The quantitative estimate of drug-likeness (QED) is 0.276. The van der Waals surface area contributed by atoms with E-state index in [2.05, 4.69) is 67.9 Å². The summed E-state index contributed by atoms with van der Waals surface area (Å²) in [5.41, 5.74) is 12.8. The number of pyridine rings is 2. The van der Waals surface area contributed by atoms with E-state index in [4.69, 9.17) is 10.7 Å². The number of nitrogens with one attached hydrogen (secondary N) is 1. The number of carbonyl (C=O) groups excluding carboxylic acids is 1. The minimum absolute atomic E-state index is 0.102. The molecule has 0 radical (unpaired) electrons. The van der Waals surface area contributed by atoms with Crippen molar-refractivity contribution < 1.29 is 4.79 Å². The van der Waals surface area contributed by atoms with E-state index in [0.29, 0.717) is 5.13 Å². The highest BCUT2D eigenvalue weighted by molar-refractivity contribution is 7.18. The standard InChI is InChI=1S/C31H30N8OS/c1-38(26-11-14-33-15-12-26)31(40)35-25-13-16-39(20-25)19-21-7-9-23(10-8-21)28-27(22-5-3-2-4-6-22)17-24(18-34-28)29-36-37-30(32)41-29/h2-12,14-15,17-18,25H,13,16,19-20H2,1H3,(H2,32,37)(H,35,40). The molecular weight excluding hydrogens is 532 g/mol. The third-order valence-corrected chi connectivity index (χ3v) is 8.05. The van der Waals surface area contributed by atoms with Gasteiger partial charge in [0, 0.05) is 73.7 Å². The zero-order valence-electron chi connectivity index (χ0n) is 22.6. The van der Waals surface area contributed by atoms with Crippen LogP contribution in [0, 0.1) is 0 Å². The van der Waals surface area contributed by atoms with Crippen LogP contribution in [0.25, 0.3) is 33.0 Å². The van der Waals surface area contributed by atoms with E-state index in [9.17, 15) is 4.79 Å². The molecule has 206 valence electrons. The van der Waals surface area contributed by atoms with Crippen LogP contribution < -0.4 is 16.0 Å². The lowest BCUT2D eigenvalue weighted by molar-refractivity contribution is 0.242. The Morgan fingerprint density at radius 1 is 1.02 bits per heavy atom. The molecule has 3 N–H and O–H groups in total. The summed E-state index contributed by atoms with van der Waals surface area (Å²) in [5.74, 6) is 0. The number of rotatable bonds is 7. The number of urea groups is 1. The normalized spacial score (nSPS) is 15.1. The molecule has 5 aromatic rings. The van der Waals surface area contributed by atoms with E-state index in [1.54, 1.807) is 24.3 Å². The summed E-state index contributed by atoms with van der Waals surface area (Å²) in [7, 11) is 1.77. The summed E-state index contributed by atoms with van der Waals surface area (Å²) < 4.78 is 0. The Morgan fingerprint density at radius 3 is 2.54 bits per heavy atom. The summed E-state index contributed by atoms with van der Waals surface area (Å²) in [6.07, 6.45) is 6.13. The first kappa shape index (κ1) is 26.5.